The number of hydrogen-bond donors (Lipinski definition) is 2. The molecule has 0 unspecified atom stereocenters. The van der Waals surface area contributed by atoms with E-state index in [4.69, 9.17) is 4.42 Å². The number of benzene rings is 1. The van der Waals surface area contributed by atoms with Crippen LogP contribution >= 0.6 is 0 Å². The summed E-state index contributed by atoms with van der Waals surface area (Å²) in [6.07, 6.45) is 0.629. The Morgan fingerprint density at radius 1 is 1.38 bits per heavy atom. The molecule has 0 atom stereocenters. The topological polar surface area (TPSA) is 54.3 Å². The largest absolute Gasteiger partial charge is 0.456 e. The Morgan fingerprint density at radius 2 is 2.19 bits per heavy atom. The summed E-state index contributed by atoms with van der Waals surface area (Å²) in [6, 6.07) is 5.23. The van der Waals surface area contributed by atoms with Gasteiger partial charge >= 0.3 is 0 Å². The van der Waals surface area contributed by atoms with Gasteiger partial charge in [-0.2, -0.15) is 0 Å². The normalized spacial score (nSPS) is 13.9. The number of carbonyl (C=O) groups excluding carboxylic acids is 1. The molecule has 0 aliphatic carbocycles. The minimum Gasteiger partial charge on any atom is -0.456 e. The first kappa shape index (κ1) is 13.8. The summed E-state index contributed by atoms with van der Waals surface area (Å²) in [5.74, 6) is 0.123. The molecule has 1 aliphatic heterocycles. The van der Waals surface area contributed by atoms with Crippen molar-refractivity contribution < 1.29 is 13.6 Å². The molecule has 1 amide bonds. The minimum atomic E-state index is -0.423. The van der Waals surface area contributed by atoms with Gasteiger partial charge in [0.2, 0.25) is 0 Å². The Morgan fingerprint density at radius 3 is 2.90 bits per heavy atom. The number of fused-ring (bicyclic) bond motifs is 1. The summed E-state index contributed by atoms with van der Waals surface area (Å²) >= 11 is 0. The average Bonchev–Trinajstić information content (AvgIpc) is 2.81. The lowest BCUT2D eigenvalue weighted by Gasteiger charge is -2.19. The molecule has 2 aromatic rings. The average molecular weight is 288 g/mol. The maximum atomic E-state index is 14.5. The summed E-state index contributed by atoms with van der Waals surface area (Å²) in [5, 5.41) is 5.80. The molecule has 0 saturated carbocycles. The predicted octanol–water partition coefficient (Wildman–Crippen LogP) is 2.93. The van der Waals surface area contributed by atoms with E-state index in [9.17, 15) is 9.18 Å². The molecular weight excluding hydrogens is 271 g/mol. The van der Waals surface area contributed by atoms with Gasteiger partial charge < -0.3 is 15.1 Å². The number of anilines is 1. The lowest BCUT2D eigenvalue weighted by atomic mass is 9.99. The van der Waals surface area contributed by atoms with E-state index in [1.165, 1.54) is 0 Å². The van der Waals surface area contributed by atoms with Crippen LogP contribution in [0.1, 0.15) is 33.0 Å². The molecule has 1 aromatic carbocycles. The third-order valence-electron chi connectivity index (χ3n) is 3.70. The van der Waals surface area contributed by atoms with Gasteiger partial charge in [0.25, 0.3) is 5.91 Å². The van der Waals surface area contributed by atoms with E-state index in [1.54, 1.807) is 26.0 Å². The van der Waals surface area contributed by atoms with Crippen molar-refractivity contribution in [1.29, 1.82) is 0 Å². The van der Waals surface area contributed by atoms with Crippen molar-refractivity contribution in [2.24, 2.45) is 0 Å². The first-order valence-corrected chi connectivity index (χ1v) is 6.95. The first-order valence-electron chi connectivity index (χ1n) is 6.95. The monoisotopic (exact) mass is 288 g/mol. The molecule has 2 N–H and O–H groups in total. The van der Waals surface area contributed by atoms with Crippen molar-refractivity contribution in [3.63, 3.8) is 0 Å². The van der Waals surface area contributed by atoms with Gasteiger partial charge in [0.15, 0.2) is 5.76 Å². The van der Waals surface area contributed by atoms with Crippen molar-refractivity contribution in [1.82, 2.24) is 5.32 Å². The van der Waals surface area contributed by atoms with Crippen molar-refractivity contribution in [2.45, 2.75) is 26.8 Å². The maximum Gasteiger partial charge on any atom is 0.291 e. The molecule has 5 heteroatoms. The van der Waals surface area contributed by atoms with Gasteiger partial charge in [-0.1, -0.05) is 6.07 Å². The van der Waals surface area contributed by atoms with Crippen LogP contribution in [-0.2, 0) is 13.0 Å². The standard InChI is InChI=1S/C16H17FN2O2/c1-9-7-10(2)21-15(9)16(20)19-13-4-3-11-8-18-6-5-12(11)14(13)17/h3-4,7,18H,5-6,8H2,1-2H3,(H,19,20). The van der Waals surface area contributed by atoms with Crippen LogP contribution < -0.4 is 10.6 Å². The van der Waals surface area contributed by atoms with Gasteiger partial charge in [0, 0.05) is 12.1 Å². The molecule has 0 saturated heterocycles. The van der Waals surface area contributed by atoms with Crippen LogP contribution in [0.2, 0.25) is 0 Å². The molecule has 0 bridgehead atoms. The molecule has 110 valence electrons. The number of hydrogen-bond acceptors (Lipinski definition) is 3. The Balaban J connectivity index is 1.88. The molecule has 1 aromatic heterocycles. The van der Waals surface area contributed by atoms with E-state index in [2.05, 4.69) is 10.6 Å². The summed E-state index contributed by atoms with van der Waals surface area (Å²) in [6.45, 7) is 4.98. The molecule has 1 aliphatic rings. The van der Waals surface area contributed by atoms with E-state index < -0.39 is 5.91 Å². The summed E-state index contributed by atoms with van der Waals surface area (Å²) < 4.78 is 19.8. The maximum absolute atomic E-state index is 14.5. The first-order chi connectivity index (χ1) is 10.1. The van der Waals surface area contributed by atoms with E-state index in [1.807, 2.05) is 6.07 Å². The van der Waals surface area contributed by atoms with Gasteiger partial charge in [-0.05, 0) is 50.1 Å². The Hall–Kier alpha value is -2.14. The Bertz CT molecular complexity index is 707. The van der Waals surface area contributed by atoms with Crippen LogP contribution in [0.25, 0.3) is 0 Å². The summed E-state index contributed by atoms with van der Waals surface area (Å²) in [7, 11) is 0. The fourth-order valence-electron chi connectivity index (χ4n) is 2.68. The molecule has 4 nitrogen and oxygen atoms in total. The van der Waals surface area contributed by atoms with Crippen molar-refractivity contribution in [3.8, 4) is 0 Å². The van der Waals surface area contributed by atoms with Gasteiger partial charge in [-0.15, -0.1) is 0 Å². The molecule has 0 spiro atoms. The van der Waals surface area contributed by atoms with Crippen LogP contribution in [0.5, 0.6) is 0 Å². The molecular formula is C16H17FN2O2. The number of rotatable bonds is 2. The minimum absolute atomic E-state index is 0.203. The molecule has 0 fully saturated rings. The zero-order valence-electron chi connectivity index (χ0n) is 12.0. The second kappa shape index (κ2) is 5.33. The van der Waals surface area contributed by atoms with Gasteiger partial charge in [0.1, 0.15) is 11.6 Å². The highest BCUT2D eigenvalue weighted by Gasteiger charge is 2.20. The Labute approximate surface area is 122 Å². The Kier molecular flexibility index (Phi) is 3.51. The molecule has 21 heavy (non-hydrogen) atoms. The third-order valence-corrected chi connectivity index (χ3v) is 3.70. The van der Waals surface area contributed by atoms with Crippen LogP contribution in [-0.4, -0.2) is 12.5 Å². The van der Waals surface area contributed by atoms with E-state index >= 15 is 0 Å². The highest BCUT2D eigenvalue weighted by molar-refractivity contribution is 6.03. The predicted molar refractivity (Wildman–Crippen MR) is 77.9 cm³/mol. The molecule has 0 radical (unpaired) electrons. The van der Waals surface area contributed by atoms with Gasteiger partial charge in [-0.25, -0.2) is 4.39 Å². The summed E-state index contributed by atoms with van der Waals surface area (Å²) in [5.41, 5.74) is 2.57. The number of aryl methyl sites for hydroxylation is 2. The van der Waals surface area contributed by atoms with Crippen LogP contribution in [0, 0.1) is 19.7 Å². The fraction of sp³-hybridized carbons (Fsp3) is 0.312. The highest BCUT2D eigenvalue weighted by Crippen LogP contribution is 2.25. The SMILES string of the molecule is Cc1cc(C)c(C(=O)Nc2ccc3c(c2F)CCNC3)o1. The second-order valence-corrected chi connectivity index (χ2v) is 5.31. The zero-order chi connectivity index (χ0) is 15.0. The fourth-order valence-corrected chi connectivity index (χ4v) is 2.68. The number of halogens is 1. The number of nitrogens with one attached hydrogen (secondary N) is 2. The second-order valence-electron chi connectivity index (χ2n) is 5.31. The lowest BCUT2D eigenvalue weighted by molar-refractivity contribution is 0.0994. The number of furan rings is 1. The smallest absolute Gasteiger partial charge is 0.291 e. The van der Waals surface area contributed by atoms with Gasteiger partial charge in [0.05, 0.1) is 5.69 Å². The van der Waals surface area contributed by atoms with E-state index in [0.717, 1.165) is 17.7 Å². The van der Waals surface area contributed by atoms with E-state index in [0.29, 0.717) is 24.3 Å². The molecule has 2 heterocycles. The third kappa shape index (κ3) is 2.56. The molecule has 3 rings (SSSR count). The quantitative estimate of drug-likeness (QED) is 0.893. The zero-order valence-corrected chi connectivity index (χ0v) is 12.0. The number of carbonyl (C=O) groups is 1. The van der Waals surface area contributed by atoms with Crippen molar-refractivity contribution >= 4 is 11.6 Å². The summed E-state index contributed by atoms with van der Waals surface area (Å²) in [4.78, 5) is 12.2. The number of amides is 1. The highest BCUT2D eigenvalue weighted by atomic mass is 19.1. The van der Waals surface area contributed by atoms with Crippen molar-refractivity contribution in [3.05, 3.63) is 52.2 Å². The van der Waals surface area contributed by atoms with E-state index in [-0.39, 0.29) is 17.3 Å². The van der Waals surface area contributed by atoms with Crippen LogP contribution in [0.3, 0.4) is 0 Å². The van der Waals surface area contributed by atoms with Gasteiger partial charge in [-0.3, -0.25) is 4.79 Å². The van der Waals surface area contributed by atoms with Crippen LogP contribution in [0.15, 0.2) is 22.6 Å². The lowest BCUT2D eigenvalue weighted by Crippen LogP contribution is -2.25. The van der Waals surface area contributed by atoms with Crippen molar-refractivity contribution in [2.75, 3.05) is 11.9 Å². The van der Waals surface area contributed by atoms with Crippen LogP contribution in [0.4, 0.5) is 10.1 Å².